The molecule has 4 rings (SSSR count). The van der Waals surface area contributed by atoms with Gasteiger partial charge in [0.1, 0.15) is 17.3 Å². The predicted molar refractivity (Wildman–Crippen MR) is 130 cm³/mol. The van der Waals surface area contributed by atoms with E-state index in [9.17, 15) is 22.4 Å². The van der Waals surface area contributed by atoms with Gasteiger partial charge in [-0.15, -0.1) is 0 Å². The molecule has 0 saturated heterocycles. The van der Waals surface area contributed by atoms with Crippen LogP contribution in [0.3, 0.4) is 0 Å². The summed E-state index contributed by atoms with van der Waals surface area (Å²) >= 11 is 5.86. The molecule has 0 aliphatic carbocycles. The fraction of sp³-hybridized carbons (Fsp3) is 0.120. The van der Waals surface area contributed by atoms with Crippen molar-refractivity contribution in [2.45, 2.75) is 30.2 Å². The molecule has 9 heteroatoms. The number of amides is 1. The minimum atomic E-state index is -4.27. The van der Waals surface area contributed by atoms with Crippen LogP contribution in [0.25, 0.3) is 10.9 Å². The van der Waals surface area contributed by atoms with Crippen LogP contribution in [0.15, 0.2) is 81.4 Å². The van der Waals surface area contributed by atoms with E-state index >= 15 is 0 Å². The molecule has 1 N–H and O–H groups in total. The van der Waals surface area contributed by atoms with Crippen LogP contribution in [0, 0.1) is 19.7 Å². The van der Waals surface area contributed by atoms with Crippen molar-refractivity contribution in [3.8, 4) is 0 Å². The molecule has 0 fully saturated rings. The monoisotopic (exact) mass is 498 g/mol. The van der Waals surface area contributed by atoms with Crippen LogP contribution in [0.5, 0.6) is 0 Å². The van der Waals surface area contributed by atoms with E-state index in [-0.39, 0.29) is 22.3 Å². The molecule has 0 unspecified atom stereocenters. The zero-order chi connectivity index (χ0) is 24.6. The van der Waals surface area contributed by atoms with Gasteiger partial charge in [0.2, 0.25) is 21.2 Å². The first kappa shape index (κ1) is 23.7. The lowest BCUT2D eigenvalue weighted by molar-refractivity contribution is -0.116. The molecule has 0 radical (unpaired) electrons. The van der Waals surface area contributed by atoms with Crippen molar-refractivity contribution in [1.29, 1.82) is 0 Å². The molecule has 1 aromatic heterocycles. The van der Waals surface area contributed by atoms with Crippen molar-refractivity contribution in [2.75, 3.05) is 5.32 Å². The van der Waals surface area contributed by atoms with Gasteiger partial charge < -0.3 is 9.88 Å². The second kappa shape index (κ2) is 9.04. The number of nitrogens with one attached hydrogen (secondary N) is 1. The number of nitrogens with zero attached hydrogens (tertiary/aromatic N) is 1. The third-order valence-corrected chi connectivity index (χ3v) is 7.42. The largest absolute Gasteiger partial charge is 0.336 e. The summed E-state index contributed by atoms with van der Waals surface area (Å²) in [4.78, 5) is 25.2. The Hall–Kier alpha value is -3.49. The highest BCUT2D eigenvalue weighted by atomic mass is 35.5. The number of sulfone groups is 1. The van der Waals surface area contributed by atoms with E-state index < -0.39 is 31.9 Å². The summed E-state index contributed by atoms with van der Waals surface area (Å²) < 4.78 is 41.8. The van der Waals surface area contributed by atoms with Gasteiger partial charge in [0.05, 0.1) is 10.4 Å². The molecule has 0 aliphatic heterocycles. The van der Waals surface area contributed by atoms with E-state index in [4.69, 9.17) is 11.6 Å². The Balaban J connectivity index is 1.83. The maximum Gasteiger partial charge on any atom is 0.244 e. The molecular weight excluding hydrogens is 479 g/mol. The lowest BCUT2D eigenvalue weighted by atomic mass is 10.1. The van der Waals surface area contributed by atoms with E-state index in [1.165, 1.54) is 34.9 Å². The molecule has 0 atom stereocenters. The highest BCUT2D eigenvalue weighted by Crippen LogP contribution is 2.23. The van der Waals surface area contributed by atoms with Gasteiger partial charge in [0.25, 0.3) is 0 Å². The van der Waals surface area contributed by atoms with Gasteiger partial charge in [-0.3, -0.25) is 9.59 Å². The van der Waals surface area contributed by atoms with Gasteiger partial charge in [0, 0.05) is 22.3 Å². The van der Waals surface area contributed by atoms with Crippen molar-refractivity contribution in [3.05, 3.63) is 99.1 Å². The van der Waals surface area contributed by atoms with Crippen molar-refractivity contribution >= 4 is 43.9 Å². The zero-order valence-electron chi connectivity index (χ0n) is 18.3. The van der Waals surface area contributed by atoms with Crippen molar-refractivity contribution in [1.82, 2.24) is 4.57 Å². The molecule has 174 valence electrons. The minimum Gasteiger partial charge on any atom is -0.336 e. The van der Waals surface area contributed by atoms with Crippen LogP contribution in [0.1, 0.15) is 11.1 Å². The number of carbonyl (C=O) groups is 1. The van der Waals surface area contributed by atoms with Crippen molar-refractivity contribution in [2.24, 2.45) is 0 Å². The lowest BCUT2D eigenvalue weighted by Gasteiger charge is -2.15. The van der Waals surface area contributed by atoms with Crippen LogP contribution in [-0.2, 0) is 21.2 Å². The maximum atomic E-state index is 14.0. The predicted octanol–water partition coefficient (Wildman–Crippen LogP) is 4.88. The summed E-state index contributed by atoms with van der Waals surface area (Å²) in [5.74, 6) is -1.13. The SMILES string of the molecule is Cc1ccc(C)c(NC(=O)Cn2cc(S(=O)(=O)c3ccc(Cl)cc3)c(=O)c3cc(F)ccc32)c1. The molecule has 0 bridgehead atoms. The summed E-state index contributed by atoms with van der Waals surface area (Å²) in [6, 6.07) is 14.4. The molecule has 6 nitrogen and oxygen atoms in total. The van der Waals surface area contributed by atoms with Crippen LogP contribution in [0.4, 0.5) is 10.1 Å². The average Bonchev–Trinajstić information content (AvgIpc) is 2.78. The quantitative estimate of drug-likeness (QED) is 0.425. The standard InChI is InChI=1S/C25H20ClFN2O4S/c1-15-3-4-16(2)21(11-15)28-24(30)14-29-13-23(25(31)20-12-18(27)7-10-22(20)29)34(32,33)19-8-5-17(26)6-9-19/h3-13H,14H2,1-2H3,(H,28,30). The van der Waals surface area contributed by atoms with Crippen LogP contribution >= 0.6 is 11.6 Å². The van der Waals surface area contributed by atoms with Gasteiger partial charge in [-0.2, -0.15) is 0 Å². The van der Waals surface area contributed by atoms with E-state index in [1.54, 1.807) is 0 Å². The van der Waals surface area contributed by atoms with E-state index in [0.29, 0.717) is 10.7 Å². The van der Waals surface area contributed by atoms with Crippen LogP contribution in [-0.4, -0.2) is 18.9 Å². The molecule has 0 aliphatic rings. The zero-order valence-corrected chi connectivity index (χ0v) is 19.9. The van der Waals surface area contributed by atoms with Crippen molar-refractivity contribution in [3.63, 3.8) is 0 Å². The highest BCUT2D eigenvalue weighted by Gasteiger charge is 2.24. The topological polar surface area (TPSA) is 85.2 Å². The number of halogens is 2. The number of hydrogen-bond donors (Lipinski definition) is 1. The summed E-state index contributed by atoms with van der Waals surface area (Å²) in [6.07, 6.45) is 1.12. The number of pyridine rings is 1. The number of carbonyl (C=O) groups excluding carboxylic acids is 1. The number of aromatic nitrogens is 1. The normalized spacial score (nSPS) is 11.5. The summed E-state index contributed by atoms with van der Waals surface area (Å²) in [5.41, 5.74) is 1.82. The summed E-state index contributed by atoms with van der Waals surface area (Å²) in [5, 5.41) is 3.00. The maximum absolute atomic E-state index is 14.0. The number of benzene rings is 3. The second-order valence-electron chi connectivity index (χ2n) is 7.94. The summed E-state index contributed by atoms with van der Waals surface area (Å²) in [6.45, 7) is 3.45. The molecule has 3 aromatic carbocycles. The Kier molecular flexibility index (Phi) is 6.29. The molecule has 1 heterocycles. The lowest BCUT2D eigenvalue weighted by Crippen LogP contribution is -2.24. The van der Waals surface area contributed by atoms with E-state index in [2.05, 4.69) is 5.32 Å². The minimum absolute atomic E-state index is 0.142. The third kappa shape index (κ3) is 4.60. The van der Waals surface area contributed by atoms with E-state index in [1.807, 2.05) is 32.0 Å². The third-order valence-electron chi connectivity index (χ3n) is 5.40. The number of anilines is 1. The number of aryl methyl sites for hydroxylation is 2. The number of rotatable bonds is 5. The fourth-order valence-corrected chi connectivity index (χ4v) is 5.12. The Morgan fingerprint density at radius 2 is 1.74 bits per heavy atom. The summed E-state index contributed by atoms with van der Waals surface area (Å²) in [7, 11) is -4.27. The van der Waals surface area contributed by atoms with Gasteiger partial charge in [0.15, 0.2) is 0 Å². The first-order valence-corrected chi connectivity index (χ1v) is 12.1. The fourth-order valence-electron chi connectivity index (χ4n) is 3.62. The van der Waals surface area contributed by atoms with Gasteiger partial charge in [-0.1, -0.05) is 23.7 Å². The molecular formula is C25H20ClFN2O4S. The Morgan fingerprint density at radius 3 is 2.44 bits per heavy atom. The van der Waals surface area contributed by atoms with Crippen molar-refractivity contribution < 1.29 is 17.6 Å². The first-order valence-electron chi connectivity index (χ1n) is 10.3. The van der Waals surface area contributed by atoms with Gasteiger partial charge in [-0.05, 0) is 73.5 Å². The van der Waals surface area contributed by atoms with Crippen LogP contribution in [0.2, 0.25) is 5.02 Å². The van der Waals surface area contributed by atoms with Gasteiger partial charge >= 0.3 is 0 Å². The Bertz CT molecular complexity index is 1600. The smallest absolute Gasteiger partial charge is 0.244 e. The first-order chi connectivity index (χ1) is 16.1. The highest BCUT2D eigenvalue weighted by molar-refractivity contribution is 7.91. The Labute approximate surface area is 200 Å². The molecule has 4 aromatic rings. The average molecular weight is 499 g/mol. The molecule has 0 saturated carbocycles. The number of hydrogen-bond acceptors (Lipinski definition) is 4. The van der Waals surface area contributed by atoms with Crippen LogP contribution < -0.4 is 10.7 Å². The second-order valence-corrected chi connectivity index (χ2v) is 10.3. The van der Waals surface area contributed by atoms with Gasteiger partial charge in [-0.25, -0.2) is 12.8 Å². The number of fused-ring (bicyclic) bond motifs is 1. The molecule has 0 spiro atoms. The molecule has 34 heavy (non-hydrogen) atoms. The Morgan fingerprint density at radius 1 is 1.03 bits per heavy atom. The van der Waals surface area contributed by atoms with E-state index in [0.717, 1.165) is 29.5 Å². The molecule has 1 amide bonds.